The maximum Gasteiger partial charge on any atom is 0.272 e. The fraction of sp³-hybridized carbons (Fsp3) is 0.444. The van der Waals surface area contributed by atoms with Gasteiger partial charge < -0.3 is 5.32 Å². The van der Waals surface area contributed by atoms with Crippen molar-refractivity contribution in [2.75, 3.05) is 0 Å². The zero-order chi connectivity index (χ0) is 11.3. The number of amides is 1. The van der Waals surface area contributed by atoms with E-state index >= 15 is 0 Å². The van der Waals surface area contributed by atoms with Gasteiger partial charge in [0.1, 0.15) is 4.60 Å². The zero-order valence-electron chi connectivity index (χ0n) is 8.25. The Morgan fingerprint density at radius 3 is 3.07 bits per heavy atom. The molecule has 0 spiro atoms. The van der Waals surface area contributed by atoms with Crippen molar-refractivity contribution in [2.45, 2.75) is 25.8 Å². The van der Waals surface area contributed by atoms with Crippen LogP contribution in [0.25, 0.3) is 0 Å². The van der Waals surface area contributed by atoms with E-state index in [2.05, 4.69) is 31.4 Å². The normalized spacial score (nSPS) is 11.8. The molecule has 15 heavy (non-hydrogen) atoms. The number of aromatic nitrogens is 2. The number of hydrogen-bond acceptors (Lipinski definition) is 3. The van der Waals surface area contributed by atoms with E-state index in [1.165, 1.54) is 0 Å². The summed E-state index contributed by atoms with van der Waals surface area (Å²) in [5.41, 5.74) is 0.318. The fourth-order valence-corrected chi connectivity index (χ4v) is 1.39. The molecular weight excluding hydrogens is 260 g/mol. The van der Waals surface area contributed by atoms with Crippen LogP contribution >= 0.6 is 15.9 Å². The molecule has 1 heterocycles. The molecule has 0 aromatic carbocycles. The Morgan fingerprint density at radius 2 is 2.60 bits per heavy atom. The molecule has 0 saturated heterocycles. The molecule has 1 atom stereocenters. The largest absolute Gasteiger partial charge is 0.347 e. The summed E-state index contributed by atoms with van der Waals surface area (Å²) in [6, 6.07) is 3.51. The molecule has 0 fully saturated rings. The maximum atomic E-state index is 11.6. The van der Waals surface area contributed by atoms with E-state index in [9.17, 15) is 4.79 Å². The van der Waals surface area contributed by atoms with Crippen molar-refractivity contribution in [1.29, 1.82) is 5.26 Å². The van der Waals surface area contributed by atoms with Crippen LogP contribution in [0.3, 0.4) is 0 Å². The van der Waals surface area contributed by atoms with E-state index in [-0.39, 0.29) is 11.9 Å². The molecule has 0 unspecified atom stereocenters. The standard InChI is InChI=1S/C9H11BrN4O/c1-2-6(3-4-11)12-9(15)7-5-8(10)14-13-7/h5-6H,2-3H2,1H3,(H,12,15)(H,13,14)/t6-/m1/s1. The predicted octanol–water partition coefficient (Wildman–Crippen LogP) is 1.59. The lowest BCUT2D eigenvalue weighted by atomic mass is 10.1. The number of H-pyrrole nitrogens is 1. The number of nitrogens with zero attached hydrogens (tertiary/aromatic N) is 2. The third kappa shape index (κ3) is 3.36. The van der Waals surface area contributed by atoms with Crippen LogP contribution in [-0.2, 0) is 0 Å². The van der Waals surface area contributed by atoms with Crippen LogP contribution in [0, 0.1) is 11.3 Å². The van der Waals surface area contributed by atoms with Crippen molar-refractivity contribution >= 4 is 21.8 Å². The molecule has 0 aliphatic rings. The predicted molar refractivity (Wildman–Crippen MR) is 58.1 cm³/mol. The van der Waals surface area contributed by atoms with Gasteiger partial charge in [-0.1, -0.05) is 6.92 Å². The first-order valence-corrected chi connectivity index (χ1v) is 5.35. The molecular formula is C9H11BrN4O. The Bertz CT molecular complexity index is 382. The highest BCUT2D eigenvalue weighted by Gasteiger charge is 2.14. The Hall–Kier alpha value is -1.35. The monoisotopic (exact) mass is 270 g/mol. The van der Waals surface area contributed by atoms with Crippen LogP contribution in [0.15, 0.2) is 10.7 Å². The third-order valence-electron chi connectivity index (χ3n) is 1.94. The van der Waals surface area contributed by atoms with E-state index in [1.807, 2.05) is 13.0 Å². The fourth-order valence-electron chi connectivity index (χ4n) is 1.08. The first kappa shape index (κ1) is 11.7. The maximum absolute atomic E-state index is 11.6. The van der Waals surface area contributed by atoms with Gasteiger partial charge in [0.15, 0.2) is 5.69 Å². The summed E-state index contributed by atoms with van der Waals surface area (Å²) in [5.74, 6) is -0.265. The van der Waals surface area contributed by atoms with Crippen LogP contribution in [0.1, 0.15) is 30.3 Å². The van der Waals surface area contributed by atoms with Crippen molar-refractivity contribution in [3.8, 4) is 6.07 Å². The average molecular weight is 271 g/mol. The molecule has 0 aliphatic heterocycles. The first-order valence-electron chi connectivity index (χ1n) is 4.56. The highest BCUT2D eigenvalue weighted by Crippen LogP contribution is 2.07. The van der Waals surface area contributed by atoms with Crippen molar-refractivity contribution in [1.82, 2.24) is 15.5 Å². The van der Waals surface area contributed by atoms with Gasteiger partial charge in [0.25, 0.3) is 5.91 Å². The quantitative estimate of drug-likeness (QED) is 0.872. The van der Waals surface area contributed by atoms with Gasteiger partial charge in [-0.15, -0.1) is 0 Å². The Morgan fingerprint density at radius 1 is 1.87 bits per heavy atom. The Kier molecular flexibility index (Phi) is 4.31. The number of halogens is 1. The second-order valence-corrected chi connectivity index (χ2v) is 3.90. The van der Waals surface area contributed by atoms with E-state index in [1.54, 1.807) is 6.07 Å². The van der Waals surface area contributed by atoms with E-state index in [0.717, 1.165) is 6.42 Å². The topological polar surface area (TPSA) is 81.6 Å². The van der Waals surface area contributed by atoms with Crippen molar-refractivity contribution < 1.29 is 4.79 Å². The van der Waals surface area contributed by atoms with Gasteiger partial charge in [-0.2, -0.15) is 10.4 Å². The van der Waals surface area contributed by atoms with Crippen LogP contribution < -0.4 is 5.32 Å². The molecule has 0 bridgehead atoms. The minimum Gasteiger partial charge on any atom is -0.347 e. The number of aromatic amines is 1. The number of nitriles is 1. The number of carbonyl (C=O) groups is 1. The summed E-state index contributed by atoms with van der Waals surface area (Å²) in [6.45, 7) is 1.92. The highest BCUT2D eigenvalue weighted by molar-refractivity contribution is 9.10. The number of hydrogen-bond donors (Lipinski definition) is 2. The van der Waals surface area contributed by atoms with Crippen molar-refractivity contribution in [3.05, 3.63) is 16.4 Å². The smallest absolute Gasteiger partial charge is 0.272 e. The summed E-state index contributed by atoms with van der Waals surface area (Å²) in [7, 11) is 0. The van der Waals surface area contributed by atoms with Gasteiger partial charge in [0, 0.05) is 12.1 Å². The average Bonchev–Trinajstić information content (AvgIpc) is 2.64. The summed E-state index contributed by atoms with van der Waals surface area (Å²) < 4.78 is 0.654. The lowest BCUT2D eigenvalue weighted by Gasteiger charge is -2.11. The molecule has 1 aromatic heterocycles. The minimum absolute atomic E-state index is 0.113. The van der Waals surface area contributed by atoms with Gasteiger partial charge in [-0.3, -0.25) is 9.89 Å². The van der Waals surface area contributed by atoms with Gasteiger partial charge in [-0.05, 0) is 22.4 Å². The molecule has 6 heteroatoms. The second-order valence-electron chi connectivity index (χ2n) is 3.04. The number of rotatable bonds is 4. The lowest BCUT2D eigenvalue weighted by molar-refractivity contribution is 0.0931. The van der Waals surface area contributed by atoms with Crippen molar-refractivity contribution in [2.24, 2.45) is 0 Å². The number of nitrogens with one attached hydrogen (secondary N) is 2. The van der Waals surface area contributed by atoms with Crippen LogP contribution in [-0.4, -0.2) is 22.1 Å². The number of carbonyl (C=O) groups excluding carboxylic acids is 1. The molecule has 0 radical (unpaired) electrons. The third-order valence-corrected chi connectivity index (χ3v) is 2.35. The summed E-state index contributed by atoms with van der Waals surface area (Å²) in [6.07, 6.45) is 1.04. The molecule has 80 valence electrons. The first-order chi connectivity index (χ1) is 7.17. The van der Waals surface area contributed by atoms with E-state index in [4.69, 9.17) is 5.26 Å². The van der Waals surface area contributed by atoms with Crippen LogP contribution in [0.5, 0.6) is 0 Å². The molecule has 1 aromatic rings. The molecule has 0 aliphatic carbocycles. The van der Waals surface area contributed by atoms with Gasteiger partial charge in [0.2, 0.25) is 0 Å². The SMILES string of the molecule is CC[C@H](CC#N)NC(=O)c1cc(Br)[nH]n1. The minimum atomic E-state index is -0.265. The second kappa shape index (κ2) is 5.51. The Balaban J connectivity index is 2.59. The zero-order valence-corrected chi connectivity index (χ0v) is 9.84. The molecule has 1 rings (SSSR count). The summed E-state index contributed by atoms with van der Waals surface area (Å²) >= 11 is 3.16. The van der Waals surface area contributed by atoms with Crippen molar-refractivity contribution in [3.63, 3.8) is 0 Å². The van der Waals surface area contributed by atoms with E-state index < -0.39 is 0 Å². The van der Waals surface area contributed by atoms with Crippen LogP contribution in [0.2, 0.25) is 0 Å². The highest BCUT2D eigenvalue weighted by atomic mass is 79.9. The van der Waals surface area contributed by atoms with Crippen LogP contribution in [0.4, 0.5) is 0 Å². The molecule has 1 amide bonds. The molecule has 2 N–H and O–H groups in total. The Labute approximate surface area is 96.0 Å². The molecule has 5 nitrogen and oxygen atoms in total. The lowest BCUT2D eigenvalue weighted by Crippen LogP contribution is -2.34. The van der Waals surface area contributed by atoms with E-state index in [0.29, 0.717) is 16.7 Å². The summed E-state index contributed by atoms with van der Waals surface area (Å²) in [4.78, 5) is 11.6. The van der Waals surface area contributed by atoms with Gasteiger partial charge >= 0.3 is 0 Å². The summed E-state index contributed by atoms with van der Waals surface area (Å²) in [5, 5.41) is 17.7. The van der Waals surface area contributed by atoms with Gasteiger partial charge in [0.05, 0.1) is 12.5 Å². The van der Waals surface area contributed by atoms with Gasteiger partial charge in [-0.25, -0.2) is 0 Å². The molecule has 0 saturated carbocycles.